The molecule has 1 aliphatic heterocycles. The van der Waals surface area contributed by atoms with Crippen molar-refractivity contribution in [1.82, 2.24) is 19.8 Å². The van der Waals surface area contributed by atoms with Crippen LogP contribution in [-0.4, -0.2) is 68.7 Å². The highest BCUT2D eigenvalue weighted by atomic mass is 35.5. The minimum atomic E-state index is -0.197. The summed E-state index contributed by atoms with van der Waals surface area (Å²) in [6.45, 7) is 12.8. The first-order valence-electron chi connectivity index (χ1n) is 21.9. The number of methoxy groups -OCH3 is 1. The summed E-state index contributed by atoms with van der Waals surface area (Å²) in [6, 6.07) is 26.9. The molecule has 2 aliphatic rings. The van der Waals surface area contributed by atoms with Gasteiger partial charge in [0.2, 0.25) is 17.2 Å². The summed E-state index contributed by atoms with van der Waals surface area (Å²) >= 11 is 6.06. The molecule has 2 N–H and O–H groups in total. The van der Waals surface area contributed by atoms with Gasteiger partial charge in [-0.05, 0) is 132 Å². The molecule has 2 heterocycles. The smallest absolute Gasteiger partial charge is 0.262 e. The minimum absolute atomic E-state index is 0. The first-order chi connectivity index (χ1) is 30.1. The largest absolute Gasteiger partial charge is 1.00 e. The van der Waals surface area contributed by atoms with Gasteiger partial charge >= 0.3 is 0 Å². The van der Waals surface area contributed by atoms with Crippen LogP contribution in [0.4, 0.5) is 5.69 Å². The van der Waals surface area contributed by atoms with E-state index in [1.54, 1.807) is 35.9 Å². The third-order valence-electron chi connectivity index (χ3n) is 11.7. The molecule has 6 rings (SSSR count). The molecule has 0 saturated carbocycles. The number of nitriles is 1. The van der Waals surface area contributed by atoms with E-state index in [4.69, 9.17) is 20.8 Å². The Morgan fingerprint density at radius 1 is 0.841 bits per heavy atom. The van der Waals surface area contributed by atoms with Crippen molar-refractivity contribution in [2.24, 2.45) is 0 Å². The second-order valence-electron chi connectivity index (χ2n) is 15.5. The summed E-state index contributed by atoms with van der Waals surface area (Å²) in [4.78, 5) is 41.6. The van der Waals surface area contributed by atoms with E-state index in [1.165, 1.54) is 0 Å². The SMILES string of the molecule is CCN(CCCCCC(=O)NCCCCCNC(=O)Cc1c(C)n(C(=O)c2ccc(Cl)cc2)c2ccc(OC)cc12)c1ccc2oc3cc(=[N+](CC)CC)ccc-3c(C#N)c2c1.[Cl-]. The Labute approximate surface area is 381 Å². The molecule has 0 radical (unpaired) electrons. The zero-order chi connectivity index (χ0) is 44.2. The van der Waals surface area contributed by atoms with E-state index in [1.807, 2.05) is 43.3 Å². The number of carbonyl (C=O) groups is 3. The van der Waals surface area contributed by atoms with Gasteiger partial charge in [-0.2, -0.15) is 5.26 Å². The molecule has 0 atom stereocenters. The number of hydrogen-bond donors (Lipinski definition) is 2. The molecule has 2 amide bonds. The van der Waals surface area contributed by atoms with Crippen LogP contribution < -0.4 is 42.6 Å². The number of rotatable bonds is 20. The van der Waals surface area contributed by atoms with Crippen molar-refractivity contribution < 1.29 is 35.9 Å². The highest BCUT2D eigenvalue weighted by molar-refractivity contribution is 6.30. The maximum Gasteiger partial charge on any atom is 0.262 e. The lowest BCUT2D eigenvalue weighted by Crippen LogP contribution is -3.00. The van der Waals surface area contributed by atoms with Crippen molar-refractivity contribution in [2.45, 2.75) is 79.1 Å². The number of carbonyl (C=O) groups excluding carboxylic acids is 3. The maximum absolute atomic E-state index is 13.6. The molecular formula is C50H58Cl2N6O5. The van der Waals surface area contributed by atoms with E-state index >= 15 is 0 Å². The summed E-state index contributed by atoms with van der Waals surface area (Å²) in [5.74, 6) is 1.10. The third-order valence-corrected chi connectivity index (χ3v) is 11.9. The predicted molar refractivity (Wildman–Crippen MR) is 248 cm³/mol. The van der Waals surface area contributed by atoms with E-state index in [9.17, 15) is 19.6 Å². The first-order valence-corrected chi connectivity index (χ1v) is 22.2. The highest BCUT2D eigenvalue weighted by Crippen LogP contribution is 2.35. The van der Waals surface area contributed by atoms with E-state index < -0.39 is 0 Å². The lowest BCUT2D eigenvalue weighted by Gasteiger charge is -2.24. The van der Waals surface area contributed by atoms with Crippen molar-refractivity contribution >= 4 is 56.9 Å². The molecule has 0 fully saturated rings. The number of fused-ring (bicyclic) bond motifs is 3. The number of nitrogens with zero attached hydrogens (tertiary/aromatic N) is 4. The molecule has 13 heteroatoms. The molecule has 0 spiro atoms. The normalized spacial score (nSPS) is 11.0. The van der Waals surface area contributed by atoms with Crippen LogP contribution in [-0.2, 0) is 16.0 Å². The zero-order valence-corrected chi connectivity index (χ0v) is 38.5. The first kappa shape index (κ1) is 48.2. The molecule has 1 aromatic heterocycles. The van der Waals surface area contributed by atoms with E-state index in [2.05, 4.69) is 65.1 Å². The van der Waals surface area contributed by atoms with Crippen molar-refractivity contribution in [3.05, 3.63) is 112 Å². The highest BCUT2D eigenvalue weighted by Gasteiger charge is 2.23. The van der Waals surface area contributed by atoms with Crippen LogP contribution in [0.15, 0.2) is 83.3 Å². The summed E-state index contributed by atoms with van der Waals surface area (Å²) in [6.07, 6.45) is 5.79. The fourth-order valence-electron chi connectivity index (χ4n) is 8.19. The van der Waals surface area contributed by atoms with E-state index in [0.717, 1.165) is 97.6 Å². The Kier molecular flexibility index (Phi) is 17.6. The Hall–Kier alpha value is -5.83. The number of unbranched alkanes of at least 4 members (excludes halogenated alkanes) is 4. The molecule has 4 aromatic rings. The van der Waals surface area contributed by atoms with E-state index in [0.29, 0.717) is 64.0 Å². The summed E-state index contributed by atoms with van der Waals surface area (Å²) in [5.41, 5.74) is 5.87. The van der Waals surface area contributed by atoms with Crippen LogP contribution in [0.25, 0.3) is 33.2 Å². The Morgan fingerprint density at radius 2 is 1.56 bits per heavy atom. The standard InChI is InChI=1S/C50H57ClN6O5.ClH/c1-6-55(7-2)38-20-23-40-44(33-52)43-29-37(21-25-46(43)62-47(40)30-38)56(8-3)28-14-9-11-15-48(58)53-26-12-10-13-27-54-49(59)32-41-34(4)57(45-24-22-39(61-5)31-42(41)45)50(60)35-16-18-36(51)19-17-35;/h16-25,29-31H,6-15,26-28,32H2,1-5H3,(H-,53,54,58,59);1H. The number of amides is 2. The van der Waals surface area contributed by atoms with Gasteiger partial charge in [0.25, 0.3) is 5.91 Å². The van der Waals surface area contributed by atoms with Crippen LogP contribution in [0.2, 0.25) is 5.02 Å². The molecule has 0 bridgehead atoms. The van der Waals surface area contributed by atoms with Gasteiger partial charge in [0.1, 0.15) is 36.3 Å². The number of ether oxygens (including phenoxy) is 1. The monoisotopic (exact) mass is 892 g/mol. The Bertz CT molecular complexity index is 2620. The summed E-state index contributed by atoms with van der Waals surface area (Å²) in [5, 5.41) is 19.5. The summed E-state index contributed by atoms with van der Waals surface area (Å²) < 4.78 is 15.7. The molecule has 0 saturated heterocycles. The number of aromatic nitrogens is 1. The van der Waals surface area contributed by atoms with Crippen LogP contribution >= 0.6 is 11.6 Å². The van der Waals surface area contributed by atoms with Gasteiger partial charge in [-0.25, -0.2) is 4.58 Å². The molecule has 11 nitrogen and oxygen atoms in total. The maximum atomic E-state index is 13.6. The molecule has 3 aromatic carbocycles. The number of hydrogen-bond acceptors (Lipinski definition) is 7. The molecular weight excluding hydrogens is 835 g/mol. The van der Waals surface area contributed by atoms with Crippen LogP contribution in [0.1, 0.15) is 92.9 Å². The Balaban J connectivity index is 0.00000748. The van der Waals surface area contributed by atoms with Gasteiger partial charge in [0.05, 0.1) is 30.7 Å². The number of nitrogens with one attached hydrogen (secondary N) is 2. The van der Waals surface area contributed by atoms with Gasteiger partial charge in [-0.3, -0.25) is 19.0 Å². The molecule has 1 aliphatic carbocycles. The number of anilines is 1. The average Bonchev–Trinajstić information content (AvgIpc) is 3.55. The van der Waals surface area contributed by atoms with Crippen molar-refractivity contribution in [1.29, 1.82) is 5.26 Å². The topological polar surface area (TPSA) is 133 Å². The lowest BCUT2D eigenvalue weighted by molar-refractivity contribution is -0.121. The minimum Gasteiger partial charge on any atom is -1.00 e. The van der Waals surface area contributed by atoms with Crippen molar-refractivity contribution in [3.8, 4) is 23.1 Å². The van der Waals surface area contributed by atoms with Gasteiger partial charge < -0.3 is 37.1 Å². The second kappa shape index (κ2) is 23.0. The molecule has 332 valence electrons. The van der Waals surface area contributed by atoms with Gasteiger partial charge in [0.15, 0.2) is 0 Å². The lowest BCUT2D eigenvalue weighted by atomic mass is 10.00. The third kappa shape index (κ3) is 11.6. The number of halogens is 2. The van der Waals surface area contributed by atoms with Gasteiger partial charge in [0, 0.05) is 77.0 Å². The fourth-order valence-corrected chi connectivity index (χ4v) is 8.32. The van der Waals surface area contributed by atoms with Crippen LogP contribution in [0.3, 0.4) is 0 Å². The fraction of sp³-hybridized carbons (Fsp3) is 0.380. The number of benzene rings is 4. The quantitative estimate of drug-likeness (QED) is 0.0557. The zero-order valence-electron chi connectivity index (χ0n) is 37.0. The average molecular weight is 894 g/mol. The van der Waals surface area contributed by atoms with Crippen LogP contribution in [0.5, 0.6) is 5.75 Å². The van der Waals surface area contributed by atoms with Crippen molar-refractivity contribution in [2.75, 3.05) is 51.3 Å². The Morgan fingerprint density at radius 3 is 2.24 bits per heavy atom. The van der Waals surface area contributed by atoms with Crippen LogP contribution in [0, 0.1) is 18.3 Å². The molecule has 63 heavy (non-hydrogen) atoms. The van der Waals surface area contributed by atoms with E-state index in [-0.39, 0.29) is 36.5 Å². The van der Waals surface area contributed by atoms with Gasteiger partial charge in [-0.15, -0.1) is 0 Å². The van der Waals surface area contributed by atoms with Gasteiger partial charge in [-0.1, -0.05) is 18.0 Å². The second-order valence-corrected chi connectivity index (χ2v) is 16.0. The predicted octanol–water partition coefficient (Wildman–Crippen LogP) is 5.87. The summed E-state index contributed by atoms with van der Waals surface area (Å²) in [7, 11) is 1.59. The van der Waals surface area contributed by atoms with Crippen molar-refractivity contribution in [3.63, 3.8) is 0 Å². The molecule has 0 unspecified atom stereocenters.